The highest BCUT2D eigenvalue weighted by molar-refractivity contribution is 5.86. The predicted octanol–water partition coefficient (Wildman–Crippen LogP) is 15.7. The van der Waals surface area contributed by atoms with E-state index in [0.717, 1.165) is 107 Å². The summed E-state index contributed by atoms with van der Waals surface area (Å²) in [5.41, 5.74) is 2.97. The summed E-state index contributed by atoms with van der Waals surface area (Å²) in [4.78, 5) is 46.0. The summed E-state index contributed by atoms with van der Waals surface area (Å²) in [6.45, 7) is 49.5. The lowest BCUT2D eigenvalue weighted by molar-refractivity contribution is -0.127. The molecule has 0 aliphatic rings. The number of hydrogen-bond acceptors (Lipinski definition) is 13. The van der Waals surface area contributed by atoms with Crippen molar-refractivity contribution in [2.45, 2.75) is 247 Å². The van der Waals surface area contributed by atoms with Crippen LogP contribution < -0.4 is 0 Å². The maximum Gasteiger partial charge on any atom is 0.160 e. The third kappa shape index (κ3) is 53.5. The molecule has 0 bridgehead atoms. The Kier molecular flexibility index (Phi) is 49.0. The van der Waals surface area contributed by atoms with Gasteiger partial charge in [0.2, 0.25) is 0 Å². The Morgan fingerprint density at radius 2 is 0.918 bits per heavy atom. The molecule has 1 aromatic heterocycles. The molecule has 0 spiro atoms. The van der Waals surface area contributed by atoms with Crippen molar-refractivity contribution in [3.8, 4) is 11.3 Å². The molecule has 1 atom stereocenters. The van der Waals surface area contributed by atoms with E-state index in [9.17, 15) is 24.3 Å². The number of carbonyl (C=O) groups is 4. The van der Waals surface area contributed by atoms with Gasteiger partial charge in [0.15, 0.2) is 17.3 Å². The van der Waals surface area contributed by atoms with Crippen molar-refractivity contribution in [2.75, 3.05) is 85.9 Å². The van der Waals surface area contributed by atoms with E-state index in [4.69, 9.17) is 33.2 Å². The van der Waals surface area contributed by atoms with Crippen LogP contribution in [0.1, 0.15) is 228 Å². The van der Waals surface area contributed by atoms with Crippen LogP contribution in [0.15, 0.2) is 36.5 Å². The first kappa shape index (κ1) is 83.9. The number of carbonyl (C=O) groups excluding carboxylic acids is 4. The van der Waals surface area contributed by atoms with Gasteiger partial charge in [0.1, 0.15) is 25.6 Å². The van der Waals surface area contributed by atoms with Crippen LogP contribution in [0.5, 0.6) is 0 Å². The lowest BCUT2D eigenvalue weighted by Gasteiger charge is -2.25. The van der Waals surface area contributed by atoms with Gasteiger partial charge in [-0.3, -0.25) is 23.9 Å². The third-order valence-corrected chi connectivity index (χ3v) is 13.9. The number of hydrogen-bond donors (Lipinski definition) is 1. The topological polar surface area (TPSA) is 171 Å². The fourth-order valence-corrected chi connectivity index (χ4v) is 7.42. The molecule has 1 unspecified atom stereocenters. The van der Waals surface area contributed by atoms with Gasteiger partial charge >= 0.3 is 0 Å². The maximum absolute atomic E-state index is 12.1. The molecule has 2 aromatic rings. The number of aliphatic hydroxyl groups excluding tert-OH is 1. The molecule has 1 N–H and O–H groups in total. The fourth-order valence-electron chi connectivity index (χ4n) is 7.42. The predicted molar refractivity (Wildman–Crippen MR) is 350 cm³/mol. The van der Waals surface area contributed by atoms with Crippen molar-refractivity contribution in [3.63, 3.8) is 0 Å². The minimum atomic E-state index is -0.299. The van der Waals surface area contributed by atoms with Crippen LogP contribution in [0.25, 0.3) is 11.3 Å². The van der Waals surface area contributed by atoms with Gasteiger partial charge in [0, 0.05) is 101 Å². The summed E-state index contributed by atoms with van der Waals surface area (Å²) in [6.07, 6.45) is 16.0. The average Bonchev–Trinajstić information content (AvgIpc) is 4.09. The van der Waals surface area contributed by atoms with E-state index in [1.807, 2.05) is 124 Å². The van der Waals surface area contributed by atoms with E-state index in [1.54, 1.807) is 0 Å². The Hall–Kier alpha value is -3.21. The van der Waals surface area contributed by atoms with Crippen LogP contribution in [0.3, 0.4) is 0 Å². The van der Waals surface area contributed by atoms with E-state index >= 15 is 0 Å². The molecule has 2 rings (SSSR count). The van der Waals surface area contributed by atoms with Crippen LogP contribution in [0.4, 0.5) is 0 Å². The average molecular weight is 1200 g/mol. The number of rotatable bonds is 45. The largest absolute Gasteiger partial charge is 0.393 e. The van der Waals surface area contributed by atoms with Crippen molar-refractivity contribution in [2.24, 2.45) is 46.3 Å². The number of aromatic nitrogens is 2. The highest BCUT2D eigenvalue weighted by Gasteiger charge is 2.22. The molecule has 0 fully saturated rings. The Balaban J connectivity index is 0. The van der Waals surface area contributed by atoms with Crippen LogP contribution >= 0.6 is 0 Å². The monoisotopic (exact) mass is 1200 g/mol. The quantitative estimate of drug-likeness (QED) is 0.0622. The number of unbranched alkanes of at least 4 members (excludes halogenated alkanes) is 2. The van der Waals surface area contributed by atoms with Crippen LogP contribution in [-0.4, -0.2) is 136 Å². The molecular formula is C71H130N2O12. The molecule has 0 saturated heterocycles. The van der Waals surface area contributed by atoms with Crippen LogP contribution in [0.2, 0.25) is 0 Å². The van der Waals surface area contributed by atoms with Crippen molar-refractivity contribution in [1.82, 2.24) is 9.78 Å². The summed E-state index contributed by atoms with van der Waals surface area (Å²) >= 11 is 0. The van der Waals surface area contributed by atoms with Crippen molar-refractivity contribution >= 4 is 23.1 Å². The number of benzene rings is 1. The minimum Gasteiger partial charge on any atom is -0.393 e. The molecule has 14 nitrogen and oxygen atoms in total. The van der Waals surface area contributed by atoms with Gasteiger partial charge in [-0.05, 0) is 113 Å². The molecule has 14 heteroatoms. The smallest absolute Gasteiger partial charge is 0.160 e. The lowest BCUT2D eigenvalue weighted by atomic mass is 9.83. The van der Waals surface area contributed by atoms with Gasteiger partial charge in [-0.15, -0.1) is 0 Å². The highest BCUT2D eigenvalue weighted by atomic mass is 16.5. The molecule has 1 aromatic carbocycles. The first-order chi connectivity index (χ1) is 39.8. The Labute approximate surface area is 520 Å². The number of ketones is 4. The van der Waals surface area contributed by atoms with Gasteiger partial charge in [0.25, 0.3) is 0 Å². The minimum absolute atomic E-state index is 0.0403. The van der Waals surface area contributed by atoms with Crippen LogP contribution in [0, 0.1) is 46.3 Å². The SMILES string of the molecule is CC(C)(C)OCCn1ccc(-c2ccc(CC(=O)C(C)(C)C)cc2)n1.CC(C)CCC(C)(C)CCOCCCOCC(=O)C(C)C.CC(C)CCC(O)CCOCCCOCC(=O)C(C)C.CC(C)CCCCCOCCCOCC(=O)C(C)C. The van der Waals surface area contributed by atoms with Crippen LogP contribution in [-0.2, 0) is 65.3 Å². The van der Waals surface area contributed by atoms with E-state index < -0.39 is 0 Å². The third-order valence-electron chi connectivity index (χ3n) is 13.9. The normalized spacial score (nSPS) is 12.4. The first-order valence-electron chi connectivity index (χ1n) is 32.8. The van der Waals surface area contributed by atoms with Gasteiger partial charge < -0.3 is 38.3 Å². The van der Waals surface area contributed by atoms with Gasteiger partial charge in [-0.25, -0.2) is 0 Å². The van der Waals surface area contributed by atoms with Crippen molar-refractivity contribution < 1.29 is 57.4 Å². The first-order valence-corrected chi connectivity index (χ1v) is 32.8. The van der Waals surface area contributed by atoms with Crippen molar-refractivity contribution in [1.29, 1.82) is 0 Å². The summed E-state index contributed by atoms with van der Waals surface area (Å²) in [7, 11) is 0. The Morgan fingerprint density at radius 3 is 1.36 bits per heavy atom. The van der Waals surface area contributed by atoms with Gasteiger partial charge in [-0.2, -0.15) is 5.10 Å². The number of Topliss-reactive ketones (excluding diaryl/α,β-unsaturated/α-hetero) is 4. The van der Waals surface area contributed by atoms with Gasteiger partial charge in [0.05, 0.1) is 30.6 Å². The molecular weight excluding hydrogens is 1070 g/mol. The maximum atomic E-state index is 12.1. The molecule has 85 heavy (non-hydrogen) atoms. The molecule has 0 saturated carbocycles. The molecule has 0 amide bonds. The Bertz CT molecular complexity index is 1940. The number of nitrogens with zero attached hydrogens (tertiary/aromatic N) is 2. The summed E-state index contributed by atoms with van der Waals surface area (Å²) in [5.74, 6) is 3.13. The second-order valence-electron chi connectivity index (χ2n) is 27.9. The molecule has 0 aliphatic heterocycles. The second-order valence-corrected chi connectivity index (χ2v) is 27.9. The zero-order chi connectivity index (χ0) is 64.9. The summed E-state index contributed by atoms with van der Waals surface area (Å²) in [5, 5.41) is 14.3. The molecule has 0 radical (unpaired) electrons. The zero-order valence-electron chi connectivity index (χ0n) is 58.1. The van der Waals surface area contributed by atoms with E-state index in [-0.39, 0.29) is 77.8 Å². The van der Waals surface area contributed by atoms with E-state index in [0.29, 0.717) is 63.8 Å². The molecule has 496 valence electrons. The fraction of sp³-hybridized carbons (Fsp3) is 0.817. The molecule has 0 aliphatic carbocycles. The van der Waals surface area contributed by atoms with Gasteiger partial charge in [-0.1, -0.05) is 168 Å². The van der Waals surface area contributed by atoms with E-state index in [2.05, 4.69) is 60.5 Å². The number of ether oxygens (including phenoxy) is 7. The highest BCUT2D eigenvalue weighted by Crippen LogP contribution is 2.29. The number of aliphatic hydroxyl groups is 1. The summed E-state index contributed by atoms with van der Waals surface area (Å²) in [6, 6.07) is 10.1. The summed E-state index contributed by atoms with van der Waals surface area (Å²) < 4.78 is 40.2. The standard InChI is InChI=1S/C21H30N2O2.C18H36O3.C16H32O4.C16H32O3/c1-20(2,3)19(24)15-16-7-9-17(10-8-16)18-11-12-23(22-18)13-14-25-21(4,5)6;1-15(2)8-9-18(5,6)10-13-20-11-7-12-21-14-17(19)16(3)4;1-13(2)6-7-15(17)8-11-19-9-5-10-20-12-16(18)14(3)4;1-14(2)9-6-5-7-10-18-11-8-12-19-13-16(17)15(3)4/h7-12H,13-15H2,1-6H3;15-16H,7-14H2,1-6H3;13-15,17H,5-12H2,1-4H3;14-15H,5-13H2,1-4H3. The van der Waals surface area contributed by atoms with Crippen molar-refractivity contribution in [3.05, 3.63) is 42.1 Å². The molecule has 1 heterocycles. The Morgan fingerprint density at radius 1 is 0.471 bits per heavy atom. The lowest BCUT2D eigenvalue weighted by Crippen LogP contribution is -2.22. The van der Waals surface area contributed by atoms with E-state index in [1.165, 1.54) is 32.1 Å². The second kappa shape index (κ2) is 49.6. The zero-order valence-corrected chi connectivity index (χ0v) is 58.1.